The summed E-state index contributed by atoms with van der Waals surface area (Å²) in [5.74, 6) is 0.131. The SMILES string of the molecule is CCc1cc2c3c(c(=O)oc2cc1O)[C@H](c1ccc(Cl)cc1)Nc1c-3sc2nc(C)cc(C)c12. The molecule has 0 saturated carbocycles. The molecule has 0 aliphatic carbocycles. The molecule has 2 aromatic carbocycles. The number of hydrogen-bond acceptors (Lipinski definition) is 6. The fourth-order valence-electron chi connectivity index (χ4n) is 4.96. The van der Waals surface area contributed by atoms with Gasteiger partial charge in [0, 0.05) is 33.1 Å². The molecule has 5 nitrogen and oxygen atoms in total. The number of fused-ring (bicyclic) bond motifs is 7. The molecule has 2 N–H and O–H groups in total. The van der Waals surface area contributed by atoms with Crippen molar-refractivity contribution in [2.75, 3.05) is 5.32 Å². The zero-order valence-electron chi connectivity index (χ0n) is 18.8. The summed E-state index contributed by atoms with van der Waals surface area (Å²) in [7, 11) is 0. The molecule has 1 aliphatic rings. The van der Waals surface area contributed by atoms with Gasteiger partial charge in [0.25, 0.3) is 0 Å². The third-order valence-corrected chi connectivity index (χ3v) is 7.87. The van der Waals surface area contributed by atoms with E-state index in [2.05, 4.69) is 18.3 Å². The topological polar surface area (TPSA) is 75.4 Å². The van der Waals surface area contributed by atoms with Crippen molar-refractivity contribution in [2.45, 2.75) is 33.2 Å². The zero-order chi connectivity index (χ0) is 23.7. The maximum Gasteiger partial charge on any atom is 0.342 e. The standard InChI is InChI=1S/C27H21ClN2O3S/c1-4-14-10-17-19(11-18(14)31)33-27(32)22-21(17)25-24(20-12(2)9-13(3)29-26(20)34-25)30-23(22)15-5-7-16(28)8-6-15/h5-11,23,30-31H,4H2,1-3H3/t23-/m0/s1. The number of thiophene rings is 1. The summed E-state index contributed by atoms with van der Waals surface area (Å²) < 4.78 is 5.76. The van der Waals surface area contributed by atoms with Gasteiger partial charge in [0.1, 0.15) is 16.2 Å². The van der Waals surface area contributed by atoms with Crippen molar-refractivity contribution in [3.63, 3.8) is 0 Å². The second-order valence-electron chi connectivity index (χ2n) is 8.70. The highest BCUT2D eigenvalue weighted by molar-refractivity contribution is 7.23. The van der Waals surface area contributed by atoms with Gasteiger partial charge in [-0.1, -0.05) is 30.7 Å². The van der Waals surface area contributed by atoms with Gasteiger partial charge >= 0.3 is 5.63 Å². The van der Waals surface area contributed by atoms with Gasteiger partial charge in [-0.3, -0.25) is 0 Å². The molecule has 7 heteroatoms. The van der Waals surface area contributed by atoms with Crippen molar-refractivity contribution in [1.29, 1.82) is 0 Å². The second kappa shape index (κ2) is 7.58. The summed E-state index contributed by atoms with van der Waals surface area (Å²) in [5.41, 5.74) is 6.11. The molecule has 5 aromatic rings. The lowest BCUT2D eigenvalue weighted by molar-refractivity contribution is 0.466. The molecule has 34 heavy (non-hydrogen) atoms. The Labute approximate surface area is 204 Å². The van der Waals surface area contributed by atoms with Gasteiger partial charge in [-0.05, 0) is 61.2 Å². The molecule has 0 fully saturated rings. The largest absolute Gasteiger partial charge is 0.508 e. The molecule has 0 bridgehead atoms. The Kier molecular flexibility index (Phi) is 4.73. The van der Waals surface area contributed by atoms with Gasteiger partial charge in [0.2, 0.25) is 0 Å². The number of anilines is 1. The number of halogens is 1. The minimum atomic E-state index is -0.428. The van der Waals surface area contributed by atoms with Crippen LogP contribution in [0.1, 0.15) is 40.9 Å². The number of hydrogen-bond donors (Lipinski definition) is 2. The third-order valence-electron chi connectivity index (χ3n) is 6.52. The van der Waals surface area contributed by atoms with Gasteiger partial charge in [0.05, 0.1) is 22.2 Å². The number of pyridine rings is 1. The van der Waals surface area contributed by atoms with Crippen molar-refractivity contribution in [2.24, 2.45) is 0 Å². The summed E-state index contributed by atoms with van der Waals surface area (Å²) in [5, 5.41) is 16.6. The minimum Gasteiger partial charge on any atom is -0.508 e. The molecule has 1 aliphatic heterocycles. The van der Waals surface area contributed by atoms with E-state index < -0.39 is 11.7 Å². The molecule has 0 radical (unpaired) electrons. The monoisotopic (exact) mass is 488 g/mol. The molecule has 0 spiro atoms. The first-order chi connectivity index (χ1) is 16.4. The van der Waals surface area contributed by atoms with E-state index in [1.165, 1.54) is 0 Å². The van der Waals surface area contributed by atoms with Crippen LogP contribution in [-0.2, 0) is 6.42 Å². The van der Waals surface area contributed by atoms with Crippen LogP contribution in [0, 0.1) is 13.8 Å². The second-order valence-corrected chi connectivity index (χ2v) is 10.1. The van der Waals surface area contributed by atoms with Gasteiger partial charge in [-0.15, -0.1) is 11.3 Å². The molecule has 6 rings (SSSR count). The van der Waals surface area contributed by atoms with Gasteiger partial charge < -0.3 is 14.8 Å². The Morgan fingerprint density at radius 1 is 1.18 bits per heavy atom. The van der Waals surface area contributed by atoms with Crippen molar-refractivity contribution < 1.29 is 9.52 Å². The summed E-state index contributed by atoms with van der Waals surface area (Å²) >= 11 is 7.73. The Hall–Kier alpha value is -3.35. The minimum absolute atomic E-state index is 0.131. The number of aromatic nitrogens is 1. The number of aryl methyl sites for hydroxylation is 3. The van der Waals surface area contributed by atoms with E-state index in [4.69, 9.17) is 21.0 Å². The number of aromatic hydroxyl groups is 1. The van der Waals surface area contributed by atoms with Gasteiger partial charge in [-0.2, -0.15) is 0 Å². The number of benzene rings is 2. The Morgan fingerprint density at radius 3 is 2.68 bits per heavy atom. The van der Waals surface area contributed by atoms with Crippen molar-refractivity contribution in [3.05, 3.63) is 85.9 Å². The maximum absolute atomic E-state index is 13.4. The van der Waals surface area contributed by atoms with E-state index >= 15 is 0 Å². The van der Waals surface area contributed by atoms with Crippen LogP contribution in [0.15, 0.2) is 51.7 Å². The predicted molar refractivity (Wildman–Crippen MR) is 139 cm³/mol. The lowest BCUT2D eigenvalue weighted by atomic mass is 9.88. The van der Waals surface area contributed by atoms with E-state index in [9.17, 15) is 9.90 Å². The number of rotatable bonds is 2. The van der Waals surface area contributed by atoms with Crippen molar-refractivity contribution >= 4 is 49.8 Å². The first-order valence-electron chi connectivity index (χ1n) is 11.1. The fourth-order valence-corrected chi connectivity index (χ4v) is 6.42. The molecule has 1 atom stereocenters. The molecule has 0 unspecified atom stereocenters. The number of nitrogens with one attached hydrogen (secondary N) is 1. The third kappa shape index (κ3) is 3.06. The van der Waals surface area contributed by atoms with Crippen LogP contribution < -0.4 is 10.9 Å². The molecular formula is C27H21ClN2O3S. The van der Waals surface area contributed by atoms with Crippen molar-refractivity contribution in [1.82, 2.24) is 4.98 Å². The van der Waals surface area contributed by atoms with E-state index in [1.807, 2.05) is 44.2 Å². The molecule has 4 heterocycles. The quantitative estimate of drug-likeness (QED) is 0.259. The number of nitrogens with zero attached hydrogens (tertiary/aromatic N) is 1. The van der Waals surface area contributed by atoms with Crippen LogP contribution in [0.25, 0.3) is 31.6 Å². The van der Waals surface area contributed by atoms with Crippen molar-refractivity contribution in [3.8, 4) is 16.2 Å². The lowest BCUT2D eigenvalue weighted by Gasteiger charge is -2.28. The first-order valence-corrected chi connectivity index (χ1v) is 12.3. The number of phenols is 1. The highest BCUT2D eigenvalue weighted by atomic mass is 35.5. The van der Waals surface area contributed by atoms with Crippen LogP contribution in [0.2, 0.25) is 5.02 Å². The number of phenolic OH excluding ortho intramolecular Hbond substituents is 1. The smallest absolute Gasteiger partial charge is 0.342 e. The summed E-state index contributed by atoms with van der Waals surface area (Å²) in [6, 6.07) is 12.7. The molecule has 0 saturated heterocycles. The van der Waals surface area contributed by atoms with Crippen LogP contribution in [0.5, 0.6) is 5.75 Å². The molecule has 0 amide bonds. The average Bonchev–Trinajstić information content (AvgIpc) is 3.17. The van der Waals surface area contributed by atoms with Crippen LogP contribution in [0.3, 0.4) is 0 Å². The van der Waals surface area contributed by atoms with E-state index in [1.54, 1.807) is 17.4 Å². The van der Waals surface area contributed by atoms with Crippen LogP contribution in [-0.4, -0.2) is 10.1 Å². The molecule has 170 valence electrons. The normalized spacial score (nSPS) is 14.8. The fraction of sp³-hybridized carbons (Fsp3) is 0.185. The summed E-state index contributed by atoms with van der Waals surface area (Å²) in [6.45, 7) is 6.07. The summed E-state index contributed by atoms with van der Waals surface area (Å²) in [4.78, 5) is 20.1. The molecular weight excluding hydrogens is 468 g/mol. The van der Waals surface area contributed by atoms with Gasteiger partial charge in [0.15, 0.2) is 0 Å². The predicted octanol–water partition coefficient (Wildman–Crippen LogP) is 7.12. The molecule has 3 aromatic heterocycles. The Balaban J connectivity index is 1.78. The van der Waals surface area contributed by atoms with E-state index in [-0.39, 0.29) is 5.75 Å². The Bertz CT molecular complexity index is 1690. The lowest BCUT2D eigenvalue weighted by Crippen LogP contribution is -2.25. The summed E-state index contributed by atoms with van der Waals surface area (Å²) in [6.07, 6.45) is 0.660. The highest BCUT2D eigenvalue weighted by Gasteiger charge is 2.34. The highest BCUT2D eigenvalue weighted by Crippen LogP contribution is 2.52. The Morgan fingerprint density at radius 2 is 1.94 bits per heavy atom. The van der Waals surface area contributed by atoms with Crippen LogP contribution >= 0.6 is 22.9 Å². The average molecular weight is 489 g/mol. The van der Waals surface area contributed by atoms with Crippen LogP contribution in [0.4, 0.5) is 5.69 Å². The van der Waals surface area contributed by atoms with E-state index in [0.717, 1.165) is 54.1 Å². The van der Waals surface area contributed by atoms with Gasteiger partial charge in [-0.25, -0.2) is 9.78 Å². The first kappa shape index (κ1) is 21.2. The zero-order valence-corrected chi connectivity index (χ0v) is 20.4. The van der Waals surface area contributed by atoms with E-state index in [0.29, 0.717) is 22.6 Å². The maximum atomic E-state index is 13.4.